The first-order valence-corrected chi connectivity index (χ1v) is 6.66. The van der Waals surface area contributed by atoms with Gasteiger partial charge in [0.1, 0.15) is 0 Å². The van der Waals surface area contributed by atoms with E-state index in [1.165, 1.54) is 36.3 Å². The molecule has 0 saturated carbocycles. The number of carbonyl (C=O) groups excluding carboxylic acids is 1. The summed E-state index contributed by atoms with van der Waals surface area (Å²) < 4.78 is 44.2. The van der Waals surface area contributed by atoms with E-state index >= 15 is 0 Å². The number of anilines is 1. The van der Waals surface area contributed by atoms with Crippen LogP contribution in [-0.2, 0) is 10.9 Å². The molecule has 1 aromatic carbocycles. The van der Waals surface area contributed by atoms with Crippen LogP contribution in [0.4, 0.5) is 23.7 Å². The molecule has 2 N–H and O–H groups in total. The van der Waals surface area contributed by atoms with E-state index in [1.54, 1.807) is 0 Å². The molecule has 23 heavy (non-hydrogen) atoms. The van der Waals surface area contributed by atoms with Gasteiger partial charge < -0.3 is 15.4 Å². The van der Waals surface area contributed by atoms with E-state index in [1.807, 2.05) is 0 Å². The second-order valence-electron chi connectivity index (χ2n) is 4.60. The summed E-state index contributed by atoms with van der Waals surface area (Å²) in [4.78, 5) is 11.6. The van der Waals surface area contributed by atoms with E-state index in [0.717, 1.165) is 12.1 Å². The zero-order valence-corrected chi connectivity index (χ0v) is 12.2. The minimum atomic E-state index is -4.43. The number of benzene rings is 1. The maximum atomic E-state index is 12.7. The van der Waals surface area contributed by atoms with Crippen molar-refractivity contribution >= 4 is 11.7 Å². The molecule has 0 saturated heterocycles. The molecular weight excluding hydrogens is 313 g/mol. The minimum Gasteiger partial charge on any atom is -0.383 e. The van der Waals surface area contributed by atoms with Crippen molar-refractivity contribution in [2.24, 2.45) is 0 Å². The van der Waals surface area contributed by atoms with Gasteiger partial charge in [0, 0.05) is 13.7 Å². The lowest BCUT2D eigenvalue weighted by Gasteiger charge is -2.08. The van der Waals surface area contributed by atoms with Gasteiger partial charge in [-0.15, -0.1) is 0 Å². The normalized spacial score (nSPS) is 11.3. The SMILES string of the molecule is COCCNC(=O)Nc1cnn(-c2cccc(C(F)(F)F)c2)c1. The largest absolute Gasteiger partial charge is 0.416 e. The average Bonchev–Trinajstić information content (AvgIpc) is 2.95. The van der Waals surface area contributed by atoms with E-state index in [4.69, 9.17) is 4.74 Å². The molecule has 0 unspecified atom stereocenters. The van der Waals surface area contributed by atoms with E-state index in [2.05, 4.69) is 15.7 Å². The topological polar surface area (TPSA) is 68.2 Å². The van der Waals surface area contributed by atoms with Crippen LogP contribution < -0.4 is 10.6 Å². The molecule has 9 heteroatoms. The Labute approximate surface area is 130 Å². The van der Waals surface area contributed by atoms with Crippen molar-refractivity contribution in [1.29, 1.82) is 0 Å². The maximum Gasteiger partial charge on any atom is 0.416 e. The summed E-state index contributed by atoms with van der Waals surface area (Å²) in [6.07, 6.45) is -1.66. The number of halogens is 3. The minimum absolute atomic E-state index is 0.243. The Morgan fingerprint density at radius 3 is 2.87 bits per heavy atom. The van der Waals surface area contributed by atoms with Crippen LogP contribution in [-0.4, -0.2) is 36.1 Å². The van der Waals surface area contributed by atoms with Gasteiger partial charge in [-0.1, -0.05) is 6.07 Å². The zero-order valence-electron chi connectivity index (χ0n) is 12.2. The third kappa shape index (κ3) is 4.71. The lowest BCUT2D eigenvalue weighted by molar-refractivity contribution is -0.137. The summed E-state index contributed by atoms with van der Waals surface area (Å²) in [5.41, 5.74) is -0.165. The number of carbonyl (C=O) groups is 1. The number of hydrogen-bond donors (Lipinski definition) is 2. The molecule has 0 fully saturated rings. The predicted octanol–water partition coefficient (Wildman–Crippen LogP) is 2.66. The maximum absolute atomic E-state index is 12.7. The monoisotopic (exact) mass is 328 g/mol. The second kappa shape index (κ2) is 7.14. The van der Waals surface area contributed by atoms with Gasteiger partial charge in [0.15, 0.2) is 0 Å². The Morgan fingerprint density at radius 1 is 1.39 bits per heavy atom. The first-order chi connectivity index (χ1) is 10.9. The van der Waals surface area contributed by atoms with Gasteiger partial charge in [0.2, 0.25) is 0 Å². The van der Waals surface area contributed by atoms with Gasteiger partial charge in [-0.25, -0.2) is 9.48 Å². The van der Waals surface area contributed by atoms with Crippen molar-refractivity contribution in [3.63, 3.8) is 0 Å². The molecule has 0 aliphatic heterocycles. The Morgan fingerprint density at radius 2 is 2.17 bits per heavy atom. The van der Waals surface area contributed by atoms with Crippen molar-refractivity contribution < 1.29 is 22.7 Å². The number of rotatable bonds is 5. The van der Waals surface area contributed by atoms with Crippen molar-refractivity contribution in [2.75, 3.05) is 25.6 Å². The van der Waals surface area contributed by atoms with E-state index < -0.39 is 17.8 Å². The van der Waals surface area contributed by atoms with Crippen molar-refractivity contribution in [3.05, 3.63) is 42.2 Å². The van der Waals surface area contributed by atoms with Crippen molar-refractivity contribution in [3.8, 4) is 5.69 Å². The molecular formula is C14H15F3N4O2. The average molecular weight is 328 g/mol. The molecule has 0 atom stereocenters. The van der Waals surface area contributed by atoms with Crippen molar-refractivity contribution in [1.82, 2.24) is 15.1 Å². The van der Waals surface area contributed by atoms with Crippen LogP contribution in [0, 0.1) is 0 Å². The Balaban J connectivity index is 2.06. The molecule has 1 heterocycles. The number of amides is 2. The highest BCUT2D eigenvalue weighted by Gasteiger charge is 2.30. The van der Waals surface area contributed by atoms with Crippen LogP contribution in [0.15, 0.2) is 36.7 Å². The molecule has 0 bridgehead atoms. The number of hydrogen-bond acceptors (Lipinski definition) is 3. The molecule has 6 nitrogen and oxygen atoms in total. The van der Waals surface area contributed by atoms with Crippen LogP contribution in [0.5, 0.6) is 0 Å². The predicted molar refractivity (Wildman–Crippen MR) is 77.5 cm³/mol. The van der Waals surface area contributed by atoms with Gasteiger partial charge in [-0.05, 0) is 18.2 Å². The first kappa shape index (κ1) is 16.8. The number of methoxy groups -OCH3 is 1. The van der Waals surface area contributed by atoms with Gasteiger partial charge in [0.25, 0.3) is 0 Å². The number of alkyl halides is 3. The highest BCUT2D eigenvalue weighted by molar-refractivity contribution is 5.88. The quantitative estimate of drug-likeness (QED) is 0.829. The first-order valence-electron chi connectivity index (χ1n) is 6.66. The van der Waals surface area contributed by atoms with Crippen LogP contribution >= 0.6 is 0 Å². The number of nitrogens with zero attached hydrogens (tertiary/aromatic N) is 2. The number of urea groups is 1. The number of nitrogens with one attached hydrogen (secondary N) is 2. The fraction of sp³-hybridized carbons (Fsp3) is 0.286. The van der Waals surface area contributed by atoms with Gasteiger partial charge in [0.05, 0.1) is 35.9 Å². The van der Waals surface area contributed by atoms with E-state index in [9.17, 15) is 18.0 Å². The Hall–Kier alpha value is -2.55. The lowest BCUT2D eigenvalue weighted by atomic mass is 10.2. The van der Waals surface area contributed by atoms with Crippen LogP contribution in [0.25, 0.3) is 5.69 Å². The van der Waals surface area contributed by atoms with Gasteiger partial charge in [-0.2, -0.15) is 18.3 Å². The third-order valence-corrected chi connectivity index (χ3v) is 2.87. The van der Waals surface area contributed by atoms with Crippen molar-refractivity contribution in [2.45, 2.75) is 6.18 Å². The molecule has 1 aromatic heterocycles. The smallest absolute Gasteiger partial charge is 0.383 e. The Kier molecular flexibility index (Phi) is 5.22. The van der Waals surface area contributed by atoms with E-state index in [-0.39, 0.29) is 5.69 Å². The van der Waals surface area contributed by atoms with Crippen LogP contribution in [0.3, 0.4) is 0 Å². The summed E-state index contributed by atoms with van der Waals surface area (Å²) in [7, 11) is 1.51. The molecule has 2 rings (SSSR count). The summed E-state index contributed by atoms with van der Waals surface area (Å²) >= 11 is 0. The fourth-order valence-corrected chi connectivity index (χ4v) is 1.80. The highest BCUT2D eigenvalue weighted by Crippen LogP contribution is 2.30. The van der Waals surface area contributed by atoms with E-state index in [0.29, 0.717) is 18.8 Å². The molecule has 0 aliphatic rings. The summed E-state index contributed by atoms with van der Waals surface area (Å²) in [6, 6.07) is 4.30. The zero-order chi connectivity index (χ0) is 16.9. The fourth-order valence-electron chi connectivity index (χ4n) is 1.80. The number of ether oxygens (including phenoxy) is 1. The summed E-state index contributed by atoms with van der Waals surface area (Å²) in [6.45, 7) is 0.709. The summed E-state index contributed by atoms with van der Waals surface area (Å²) in [5, 5.41) is 9.02. The lowest BCUT2D eigenvalue weighted by Crippen LogP contribution is -2.31. The molecule has 124 valence electrons. The second-order valence-corrected chi connectivity index (χ2v) is 4.60. The summed E-state index contributed by atoms with van der Waals surface area (Å²) in [5.74, 6) is 0. The highest BCUT2D eigenvalue weighted by atomic mass is 19.4. The van der Waals surface area contributed by atoms with Gasteiger partial charge in [-0.3, -0.25) is 0 Å². The van der Waals surface area contributed by atoms with Crippen LogP contribution in [0.2, 0.25) is 0 Å². The molecule has 0 spiro atoms. The number of aromatic nitrogens is 2. The molecule has 2 aromatic rings. The molecule has 0 radical (unpaired) electrons. The molecule has 0 aliphatic carbocycles. The molecule has 2 amide bonds. The standard InChI is InChI=1S/C14H15F3N4O2/c1-23-6-5-18-13(22)20-11-8-19-21(9-11)12-4-2-3-10(7-12)14(15,16)17/h2-4,7-9H,5-6H2,1H3,(H2,18,20,22). The van der Waals surface area contributed by atoms with Gasteiger partial charge >= 0.3 is 12.2 Å². The Bertz CT molecular complexity index is 670. The van der Waals surface area contributed by atoms with Crippen LogP contribution in [0.1, 0.15) is 5.56 Å². The third-order valence-electron chi connectivity index (χ3n) is 2.87.